The third kappa shape index (κ3) is 5.79. The second-order valence-corrected chi connectivity index (χ2v) is 7.21. The number of para-hydroxylation sites is 1. The van der Waals surface area contributed by atoms with Crippen molar-refractivity contribution in [2.45, 2.75) is 32.4 Å². The maximum Gasteiger partial charge on any atom is 0.237 e. The standard InChI is InChI=1S/C23H28FN3O3/c1-2-30-21-10-6-4-8-18(21)16-27-14-13-26-23(29)20(27)15-22(28)25-12-11-17-7-3-5-9-19(17)24/h3-10,20H,2,11-16H2,1H3,(H,25,28)(H,26,29). The van der Waals surface area contributed by atoms with Gasteiger partial charge in [-0.05, 0) is 31.0 Å². The highest BCUT2D eigenvalue weighted by atomic mass is 19.1. The van der Waals surface area contributed by atoms with E-state index >= 15 is 0 Å². The van der Waals surface area contributed by atoms with Crippen LogP contribution in [-0.4, -0.2) is 49.0 Å². The lowest BCUT2D eigenvalue weighted by Crippen LogP contribution is -2.56. The second-order valence-electron chi connectivity index (χ2n) is 7.21. The third-order valence-corrected chi connectivity index (χ3v) is 5.14. The SMILES string of the molecule is CCOc1ccccc1CN1CCNC(=O)C1CC(=O)NCCc1ccccc1F. The Labute approximate surface area is 176 Å². The molecule has 1 aliphatic rings. The topological polar surface area (TPSA) is 70.7 Å². The Bertz CT molecular complexity index is 874. The van der Waals surface area contributed by atoms with Crippen molar-refractivity contribution in [1.82, 2.24) is 15.5 Å². The number of hydrogen-bond acceptors (Lipinski definition) is 4. The van der Waals surface area contributed by atoms with Crippen molar-refractivity contribution in [3.63, 3.8) is 0 Å². The van der Waals surface area contributed by atoms with Gasteiger partial charge in [0, 0.05) is 31.7 Å². The van der Waals surface area contributed by atoms with Gasteiger partial charge in [0.15, 0.2) is 0 Å². The molecule has 2 aromatic carbocycles. The molecule has 1 saturated heterocycles. The number of hydrogen-bond donors (Lipinski definition) is 2. The first kappa shape index (κ1) is 21.8. The van der Waals surface area contributed by atoms with E-state index in [0.717, 1.165) is 11.3 Å². The lowest BCUT2D eigenvalue weighted by molar-refractivity contribution is -0.134. The van der Waals surface area contributed by atoms with Gasteiger partial charge in [-0.2, -0.15) is 0 Å². The van der Waals surface area contributed by atoms with Gasteiger partial charge in [0.25, 0.3) is 0 Å². The number of amides is 2. The van der Waals surface area contributed by atoms with E-state index in [1.165, 1.54) is 6.07 Å². The van der Waals surface area contributed by atoms with Crippen LogP contribution in [0.3, 0.4) is 0 Å². The quantitative estimate of drug-likeness (QED) is 0.662. The Morgan fingerprint density at radius 2 is 1.93 bits per heavy atom. The highest BCUT2D eigenvalue weighted by Crippen LogP contribution is 2.22. The molecule has 2 aromatic rings. The van der Waals surface area contributed by atoms with Crippen LogP contribution in [0.15, 0.2) is 48.5 Å². The van der Waals surface area contributed by atoms with Gasteiger partial charge in [-0.1, -0.05) is 36.4 Å². The van der Waals surface area contributed by atoms with E-state index in [1.807, 2.05) is 36.1 Å². The van der Waals surface area contributed by atoms with E-state index in [2.05, 4.69) is 10.6 Å². The zero-order valence-electron chi connectivity index (χ0n) is 17.2. The molecule has 0 bridgehead atoms. The summed E-state index contributed by atoms with van der Waals surface area (Å²) in [5.41, 5.74) is 1.54. The molecule has 2 N–H and O–H groups in total. The fraction of sp³-hybridized carbons (Fsp3) is 0.391. The van der Waals surface area contributed by atoms with E-state index in [-0.39, 0.29) is 24.1 Å². The van der Waals surface area contributed by atoms with E-state index in [0.29, 0.717) is 44.8 Å². The van der Waals surface area contributed by atoms with Crippen molar-refractivity contribution in [1.29, 1.82) is 0 Å². The molecule has 1 heterocycles. The zero-order valence-corrected chi connectivity index (χ0v) is 17.2. The molecule has 3 rings (SSSR count). The molecule has 0 aliphatic carbocycles. The molecule has 0 spiro atoms. The molecule has 1 atom stereocenters. The summed E-state index contributed by atoms with van der Waals surface area (Å²) >= 11 is 0. The van der Waals surface area contributed by atoms with Crippen molar-refractivity contribution < 1.29 is 18.7 Å². The fourth-order valence-corrected chi connectivity index (χ4v) is 3.61. The van der Waals surface area contributed by atoms with Crippen molar-refractivity contribution >= 4 is 11.8 Å². The van der Waals surface area contributed by atoms with E-state index in [1.54, 1.807) is 18.2 Å². The van der Waals surface area contributed by atoms with Gasteiger partial charge in [0.1, 0.15) is 11.6 Å². The zero-order chi connectivity index (χ0) is 21.3. The van der Waals surface area contributed by atoms with Gasteiger partial charge in [0.05, 0.1) is 19.1 Å². The molecule has 0 saturated carbocycles. The number of carbonyl (C=O) groups is 2. The van der Waals surface area contributed by atoms with Crippen LogP contribution in [0, 0.1) is 5.82 Å². The Balaban J connectivity index is 1.58. The Kier molecular flexibility index (Phi) is 7.79. The van der Waals surface area contributed by atoms with Crippen LogP contribution < -0.4 is 15.4 Å². The number of carbonyl (C=O) groups excluding carboxylic acids is 2. The first-order valence-corrected chi connectivity index (χ1v) is 10.3. The van der Waals surface area contributed by atoms with Crippen LogP contribution in [0.1, 0.15) is 24.5 Å². The number of piperazine rings is 1. The van der Waals surface area contributed by atoms with E-state index in [9.17, 15) is 14.0 Å². The van der Waals surface area contributed by atoms with Crippen LogP contribution >= 0.6 is 0 Å². The summed E-state index contributed by atoms with van der Waals surface area (Å²) < 4.78 is 19.4. The number of nitrogens with one attached hydrogen (secondary N) is 2. The van der Waals surface area contributed by atoms with E-state index in [4.69, 9.17) is 4.74 Å². The highest BCUT2D eigenvalue weighted by molar-refractivity contribution is 5.88. The molecule has 6 nitrogen and oxygen atoms in total. The van der Waals surface area contributed by atoms with E-state index < -0.39 is 6.04 Å². The monoisotopic (exact) mass is 413 g/mol. The average molecular weight is 413 g/mol. The first-order valence-electron chi connectivity index (χ1n) is 10.3. The molecule has 7 heteroatoms. The molecule has 30 heavy (non-hydrogen) atoms. The minimum atomic E-state index is -0.554. The molecule has 2 amide bonds. The van der Waals surface area contributed by atoms with Crippen molar-refractivity contribution in [3.8, 4) is 5.75 Å². The van der Waals surface area contributed by atoms with Gasteiger partial charge in [-0.3, -0.25) is 14.5 Å². The maximum atomic E-state index is 13.7. The summed E-state index contributed by atoms with van der Waals surface area (Å²) in [6.45, 7) is 4.53. The number of nitrogens with zero attached hydrogens (tertiary/aromatic N) is 1. The maximum absolute atomic E-state index is 13.7. The number of benzene rings is 2. The fourth-order valence-electron chi connectivity index (χ4n) is 3.61. The van der Waals surface area contributed by atoms with Crippen molar-refractivity contribution in [3.05, 3.63) is 65.5 Å². The largest absolute Gasteiger partial charge is 0.494 e. The normalized spacial score (nSPS) is 16.7. The van der Waals surface area contributed by atoms with Gasteiger partial charge in [0.2, 0.25) is 11.8 Å². The molecule has 1 unspecified atom stereocenters. The summed E-state index contributed by atoms with van der Waals surface area (Å²) in [7, 11) is 0. The minimum absolute atomic E-state index is 0.0555. The van der Waals surface area contributed by atoms with Crippen LogP contribution in [-0.2, 0) is 22.6 Å². The Hall–Kier alpha value is -2.93. The van der Waals surface area contributed by atoms with Crippen LogP contribution in [0.25, 0.3) is 0 Å². The predicted molar refractivity (Wildman–Crippen MR) is 113 cm³/mol. The summed E-state index contributed by atoms with van der Waals surface area (Å²) in [5.74, 6) is 0.132. The van der Waals surface area contributed by atoms with Crippen molar-refractivity contribution in [2.75, 3.05) is 26.2 Å². The van der Waals surface area contributed by atoms with Gasteiger partial charge in [-0.15, -0.1) is 0 Å². The summed E-state index contributed by atoms with van der Waals surface area (Å²) in [6, 6.07) is 13.7. The van der Waals surface area contributed by atoms with Crippen LogP contribution in [0.4, 0.5) is 4.39 Å². The summed E-state index contributed by atoms with van der Waals surface area (Å²) in [6.07, 6.45) is 0.459. The molecule has 0 radical (unpaired) electrons. The predicted octanol–water partition coefficient (Wildman–Crippen LogP) is 2.27. The molecule has 160 valence electrons. The number of rotatable bonds is 9. The first-order chi connectivity index (χ1) is 14.6. The molecular formula is C23H28FN3O3. The van der Waals surface area contributed by atoms with Gasteiger partial charge >= 0.3 is 0 Å². The smallest absolute Gasteiger partial charge is 0.237 e. The van der Waals surface area contributed by atoms with Crippen molar-refractivity contribution in [2.24, 2.45) is 0 Å². The molecular weight excluding hydrogens is 385 g/mol. The molecule has 0 aromatic heterocycles. The molecule has 1 aliphatic heterocycles. The highest BCUT2D eigenvalue weighted by Gasteiger charge is 2.32. The molecule has 1 fully saturated rings. The number of ether oxygens (including phenoxy) is 1. The minimum Gasteiger partial charge on any atom is -0.494 e. The third-order valence-electron chi connectivity index (χ3n) is 5.14. The lowest BCUT2D eigenvalue weighted by Gasteiger charge is -2.35. The van der Waals surface area contributed by atoms with Gasteiger partial charge < -0.3 is 15.4 Å². The van der Waals surface area contributed by atoms with Crippen LogP contribution in [0.5, 0.6) is 5.75 Å². The van der Waals surface area contributed by atoms with Gasteiger partial charge in [-0.25, -0.2) is 4.39 Å². The number of halogens is 1. The van der Waals surface area contributed by atoms with Crippen LogP contribution in [0.2, 0.25) is 0 Å². The Morgan fingerprint density at radius 1 is 1.20 bits per heavy atom. The summed E-state index contributed by atoms with van der Waals surface area (Å²) in [4.78, 5) is 26.9. The average Bonchev–Trinajstić information content (AvgIpc) is 2.73. The summed E-state index contributed by atoms with van der Waals surface area (Å²) in [5, 5.41) is 5.65. The second kappa shape index (κ2) is 10.7. The Morgan fingerprint density at radius 3 is 2.70 bits per heavy atom. The lowest BCUT2D eigenvalue weighted by atomic mass is 10.1.